The van der Waals surface area contributed by atoms with E-state index < -0.39 is 11.8 Å². The van der Waals surface area contributed by atoms with Crippen molar-refractivity contribution in [1.29, 1.82) is 0 Å². The van der Waals surface area contributed by atoms with Gasteiger partial charge in [0.15, 0.2) is 11.5 Å². The first-order valence-corrected chi connectivity index (χ1v) is 10.5. The predicted molar refractivity (Wildman–Crippen MR) is 116 cm³/mol. The van der Waals surface area contributed by atoms with Gasteiger partial charge in [0.2, 0.25) is 12.7 Å². The van der Waals surface area contributed by atoms with E-state index in [9.17, 15) is 18.0 Å². The molecule has 5 nitrogen and oxygen atoms in total. The molecule has 1 saturated carbocycles. The Hall–Kier alpha value is -3.39. The van der Waals surface area contributed by atoms with E-state index in [0.29, 0.717) is 40.6 Å². The molecule has 0 saturated heterocycles. The third-order valence-electron chi connectivity index (χ3n) is 5.73. The molecule has 1 fully saturated rings. The molecule has 1 aliphatic carbocycles. The van der Waals surface area contributed by atoms with Crippen LogP contribution in [0, 0.1) is 0 Å². The van der Waals surface area contributed by atoms with Crippen LogP contribution in [0.15, 0.2) is 60.7 Å². The Kier molecular flexibility index (Phi) is 5.12. The first-order chi connectivity index (χ1) is 15.7. The Balaban J connectivity index is 1.44. The fraction of sp³-hybridized carbons (Fsp3) is 0.208. The van der Waals surface area contributed by atoms with Gasteiger partial charge in [-0.25, -0.2) is 0 Å². The van der Waals surface area contributed by atoms with Crippen molar-refractivity contribution in [3.8, 4) is 28.4 Å². The molecule has 33 heavy (non-hydrogen) atoms. The highest BCUT2D eigenvalue weighted by Crippen LogP contribution is 2.51. The van der Waals surface area contributed by atoms with Crippen molar-refractivity contribution >= 4 is 23.2 Å². The number of anilines is 1. The van der Waals surface area contributed by atoms with Crippen LogP contribution in [0.1, 0.15) is 18.4 Å². The van der Waals surface area contributed by atoms with Crippen molar-refractivity contribution in [2.45, 2.75) is 24.6 Å². The molecule has 9 heteroatoms. The molecule has 1 N–H and O–H groups in total. The third-order valence-corrected chi connectivity index (χ3v) is 5.98. The average Bonchev–Trinajstić information content (AvgIpc) is 3.45. The zero-order valence-electron chi connectivity index (χ0n) is 17.0. The summed E-state index contributed by atoms with van der Waals surface area (Å²) in [6, 6.07) is 15.7. The lowest BCUT2D eigenvalue weighted by molar-refractivity contribution is -0.274. The van der Waals surface area contributed by atoms with Gasteiger partial charge in [-0.2, -0.15) is 0 Å². The van der Waals surface area contributed by atoms with Crippen LogP contribution < -0.4 is 19.5 Å². The number of ether oxygens (including phenoxy) is 3. The van der Waals surface area contributed by atoms with Crippen molar-refractivity contribution in [2.24, 2.45) is 0 Å². The number of hydrogen-bond donors (Lipinski definition) is 1. The highest BCUT2D eigenvalue weighted by Gasteiger charge is 2.51. The van der Waals surface area contributed by atoms with E-state index in [0.717, 1.165) is 5.56 Å². The minimum Gasteiger partial charge on any atom is -0.454 e. The Labute approximate surface area is 192 Å². The number of benzene rings is 3. The summed E-state index contributed by atoms with van der Waals surface area (Å²) in [7, 11) is 0. The third kappa shape index (κ3) is 4.30. The first kappa shape index (κ1) is 21.5. The van der Waals surface area contributed by atoms with E-state index in [2.05, 4.69) is 10.1 Å². The molecule has 1 amide bonds. The molecule has 170 valence electrons. The van der Waals surface area contributed by atoms with E-state index >= 15 is 0 Å². The van der Waals surface area contributed by atoms with Crippen molar-refractivity contribution in [2.75, 3.05) is 12.1 Å². The smallest absolute Gasteiger partial charge is 0.454 e. The topological polar surface area (TPSA) is 56.8 Å². The molecule has 1 aliphatic heterocycles. The van der Waals surface area contributed by atoms with Crippen LogP contribution in [0.4, 0.5) is 18.9 Å². The van der Waals surface area contributed by atoms with Crippen molar-refractivity contribution in [3.63, 3.8) is 0 Å². The number of carbonyl (C=O) groups is 1. The Morgan fingerprint density at radius 3 is 2.39 bits per heavy atom. The summed E-state index contributed by atoms with van der Waals surface area (Å²) in [6.45, 7) is 0.137. The van der Waals surface area contributed by atoms with Crippen molar-refractivity contribution in [1.82, 2.24) is 0 Å². The minimum absolute atomic E-state index is 0.137. The fourth-order valence-electron chi connectivity index (χ4n) is 3.89. The molecule has 0 bridgehead atoms. The van der Waals surface area contributed by atoms with E-state index in [1.807, 2.05) is 6.07 Å². The highest BCUT2D eigenvalue weighted by molar-refractivity contribution is 6.30. The molecule has 5 rings (SSSR count). The molecule has 3 aromatic rings. The van der Waals surface area contributed by atoms with Crippen molar-refractivity contribution < 1.29 is 32.2 Å². The molecule has 2 aliphatic rings. The second-order valence-corrected chi connectivity index (χ2v) is 8.31. The molecular formula is C24H17ClF3NO4. The summed E-state index contributed by atoms with van der Waals surface area (Å²) in [4.78, 5) is 13.2. The lowest BCUT2D eigenvalue weighted by Crippen LogP contribution is -2.27. The summed E-state index contributed by atoms with van der Waals surface area (Å²) in [5.74, 6) is 0.598. The largest absolute Gasteiger partial charge is 0.573 e. The van der Waals surface area contributed by atoms with Crippen LogP contribution in [0.25, 0.3) is 11.1 Å². The molecule has 0 aromatic heterocycles. The normalized spacial score (nSPS) is 15.8. The zero-order chi connectivity index (χ0) is 23.2. The second-order valence-electron chi connectivity index (χ2n) is 7.87. The number of alkyl halides is 3. The van der Waals surface area contributed by atoms with Gasteiger partial charge < -0.3 is 19.5 Å². The number of hydrogen-bond acceptors (Lipinski definition) is 4. The van der Waals surface area contributed by atoms with Crippen molar-refractivity contribution in [3.05, 3.63) is 71.2 Å². The van der Waals surface area contributed by atoms with Crippen LogP contribution in [-0.2, 0) is 10.2 Å². The molecule has 0 atom stereocenters. The van der Waals surface area contributed by atoms with E-state index in [4.69, 9.17) is 21.1 Å². The number of amides is 1. The maximum absolute atomic E-state index is 13.2. The SMILES string of the molecule is O=C(Nc1ccc(OC(F)(F)F)c(-c2ccc(Cl)cc2)c1)C1(c2ccc3c(c2)OCO3)CC1. The van der Waals surface area contributed by atoms with Gasteiger partial charge in [0, 0.05) is 16.3 Å². The zero-order valence-corrected chi connectivity index (χ0v) is 17.8. The monoisotopic (exact) mass is 475 g/mol. The van der Waals surface area contributed by atoms with Gasteiger partial charge in [0.1, 0.15) is 5.75 Å². The maximum Gasteiger partial charge on any atom is 0.573 e. The van der Waals surface area contributed by atoms with Gasteiger partial charge in [-0.1, -0.05) is 29.8 Å². The van der Waals surface area contributed by atoms with Gasteiger partial charge >= 0.3 is 6.36 Å². The van der Waals surface area contributed by atoms with E-state index in [-0.39, 0.29) is 24.0 Å². The summed E-state index contributed by atoms with van der Waals surface area (Å²) in [5, 5.41) is 3.29. The summed E-state index contributed by atoms with van der Waals surface area (Å²) < 4.78 is 53.7. The highest BCUT2D eigenvalue weighted by atomic mass is 35.5. The summed E-state index contributed by atoms with van der Waals surface area (Å²) in [5.41, 5.74) is 1.08. The average molecular weight is 476 g/mol. The maximum atomic E-state index is 13.2. The molecule has 0 unspecified atom stereocenters. The van der Waals surface area contributed by atoms with E-state index in [1.165, 1.54) is 18.2 Å². The molecule has 0 spiro atoms. The van der Waals surface area contributed by atoms with Gasteiger partial charge in [-0.3, -0.25) is 4.79 Å². The lowest BCUT2D eigenvalue weighted by Gasteiger charge is -2.18. The van der Waals surface area contributed by atoms with Gasteiger partial charge in [0.25, 0.3) is 0 Å². The summed E-state index contributed by atoms with van der Waals surface area (Å²) >= 11 is 5.91. The lowest BCUT2D eigenvalue weighted by atomic mass is 9.94. The standard InChI is InChI=1S/C24H17ClF3NO4/c25-16-4-1-14(2-5-16)18-12-17(6-8-19(18)33-24(26,27)28)29-22(30)23(9-10-23)15-3-7-20-21(11-15)32-13-31-20/h1-8,11-12H,9-10,13H2,(H,29,30). The predicted octanol–water partition coefficient (Wildman–Crippen LogP) is 6.30. The number of nitrogens with one attached hydrogen (secondary N) is 1. The minimum atomic E-state index is -4.86. The fourth-order valence-corrected chi connectivity index (χ4v) is 4.02. The van der Waals surface area contributed by atoms with E-state index in [1.54, 1.807) is 36.4 Å². The molecular weight excluding hydrogens is 459 g/mol. The number of fused-ring (bicyclic) bond motifs is 1. The van der Waals surface area contributed by atoms with Crippen LogP contribution in [0.3, 0.4) is 0 Å². The Morgan fingerprint density at radius 1 is 0.970 bits per heavy atom. The second kappa shape index (κ2) is 7.88. The Bertz CT molecular complexity index is 1220. The number of halogens is 4. The van der Waals surface area contributed by atoms with Crippen LogP contribution in [0.2, 0.25) is 5.02 Å². The van der Waals surface area contributed by atoms with Crippen LogP contribution in [-0.4, -0.2) is 19.1 Å². The van der Waals surface area contributed by atoms with Crippen LogP contribution in [0.5, 0.6) is 17.2 Å². The number of rotatable bonds is 5. The van der Waals surface area contributed by atoms with Crippen LogP contribution >= 0.6 is 11.6 Å². The van der Waals surface area contributed by atoms with Gasteiger partial charge in [-0.15, -0.1) is 13.2 Å². The van der Waals surface area contributed by atoms with Gasteiger partial charge in [0.05, 0.1) is 5.41 Å². The molecule has 1 heterocycles. The number of carbonyl (C=O) groups excluding carboxylic acids is 1. The summed E-state index contributed by atoms with van der Waals surface area (Å²) in [6.07, 6.45) is -3.56. The molecule has 3 aromatic carbocycles. The first-order valence-electron chi connectivity index (χ1n) is 10.1. The Morgan fingerprint density at radius 2 is 1.70 bits per heavy atom. The van der Waals surface area contributed by atoms with Gasteiger partial charge in [-0.05, 0) is 66.4 Å². The quantitative estimate of drug-likeness (QED) is 0.470. The molecule has 0 radical (unpaired) electrons.